The van der Waals surface area contributed by atoms with Gasteiger partial charge < -0.3 is 19.8 Å². The smallest absolute Gasteiger partial charge is 0.191 e. The number of aliphatic imine (C=N–C) groups is 1. The Balaban J connectivity index is 0.00000243. The number of guanidine groups is 1. The highest BCUT2D eigenvalue weighted by atomic mass is 127. The van der Waals surface area contributed by atoms with Gasteiger partial charge in [0.05, 0.1) is 25.0 Å². The molecule has 1 aromatic heterocycles. The molecular weight excluding hydrogens is 441 g/mol. The van der Waals surface area contributed by atoms with E-state index in [4.69, 9.17) is 14.1 Å². The minimum absolute atomic E-state index is 0. The molecule has 1 aliphatic rings. The van der Waals surface area contributed by atoms with Crippen LogP contribution in [0.25, 0.3) is 0 Å². The average Bonchev–Trinajstić information content (AvgIpc) is 3.34. The molecule has 142 valence electrons. The van der Waals surface area contributed by atoms with Crippen molar-refractivity contribution in [2.75, 3.05) is 19.7 Å². The third kappa shape index (κ3) is 6.64. The van der Waals surface area contributed by atoms with Crippen molar-refractivity contribution in [3.63, 3.8) is 0 Å². The first-order valence-corrected chi connectivity index (χ1v) is 9.05. The Morgan fingerprint density at radius 1 is 1.23 bits per heavy atom. The molecule has 0 saturated carbocycles. The largest absolute Gasteiger partial charge is 0.469 e. The van der Waals surface area contributed by atoms with E-state index in [9.17, 15) is 0 Å². The van der Waals surface area contributed by atoms with Crippen molar-refractivity contribution in [2.24, 2.45) is 4.99 Å². The molecular formula is C20H28IN3O2. The highest BCUT2D eigenvalue weighted by Gasteiger charge is 2.15. The normalized spacial score (nSPS) is 18.2. The van der Waals surface area contributed by atoms with E-state index in [1.807, 2.05) is 18.2 Å². The van der Waals surface area contributed by atoms with Gasteiger partial charge in [-0.05, 0) is 37.5 Å². The van der Waals surface area contributed by atoms with Crippen molar-refractivity contribution in [1.29, 1.82) is 0 Å². The topological polar surface area (TPSA) is 58.8 Å². The monoisotopic (exact) mass is 469 g/mol. The zero-order chi connectivity index (χ0) is 17.3. The van der Waals surface area contributed by atoms with Gasteiger partial charge in [-0.2, -0.15) is 0 Å². The van der Waals surface area contributed by atoms with Crippen molar-refractivity contribution >= 4 is 29.9 Å². The molecule has 2 heterocycles. The molecule has 0 bridgehead atoms. The number of furan rings is 1. The highest BCUT2D eigenvalue weighted by molar-refractivity contribution is 14.0. The second kappa shape index (κ2) is 11.2. The second-order valence-electron chi connectivity index (χ2n) is 6.36. The van der Waals surface area contributed by atoms with Gasteiger partial charge in [-0.15, -0.1) is 24.0 Å². The summed E-state index contributed by atoms with van der Waals surface area (Å²) in [7, 11) is 0. The molecule has 2 unspecified atom stereocenters. The number of halogens is 1. The summed E-state index contributed by atoms with van der Waals surface area (Å²) in [5.74, 6) is 1.79. The standard InChI is InChI=1S/C20H27N3O2.HI/c1-16(17-7-3-2-4-8-17)23-20(22-15-19-10-6-14-25-19)21-12-11-18-9-5-13-24-18;/h2-5,7-9,13,16,19H,6,10-12,14-15H2,1H3,(H2,21,22,23);1H. The van der Waals surface area contributed by atoms with Crippen LogP contribution in [0.3, 0.4) is 0 Å². The predicted octanol–water partition coefficient (Wildman–Crippen LogP) is 3.92. The number of hydrogen-bond donors (Lipinski definition) is 2. The minimum Gasteiger partial charge on any atom is -0.469 e. The van der Waals surface area contributed by atoms with Crippen LogP contribution in [0.5, 0.6) is 0 Å². The number of benzene rings is 1. The summed E-state index contributed by atoms with van der Waals surface area (Å²) >= 11 is 0. The predicted molar refractivity (Wildman–Crippen MR) is 115 cm³/mol. The van der Waals surface area contributed by atoms with Gasteiger partial charge in [0, 0.05) is 19.6 Å². The zero-order valence-corrected chi connectivity index (χ0v) is 17.5. The lowest BCUT2D eigenvalue weighted by Gasteiger charge is -2.19. The van der Waals surface area contributed by atoms with Gasteiger partial charge in [-0.1, -0.05) is 30.3 Å². The summed E-state index contributed by atoms with van der Waals surface area (Å²) < 4.78 is 11.1. The van der Waals surface area contributed by atoms with Crippen LogP contribution in [0.15, 0.2) is 58.1 Å². The lowest BCUT2D eigenvalue weighted by atomic mass is 10.1. The van der Waals surface area contributed by atoms with Gasteiger partial charge in [-0.3, -0.25) is 4.99 Å². The van der Waals surface area contributed by atoms with Crippen LogP contribution >= 0.6 is 24.0 Å². The summed E-state index contributed by atoms with van der Waals surface area (Å²) in [5, 5.41) is 6.90. The van der Waals surface area contributed by atoms with Crippen LogP contribution in [0.1, 0.15) is 37.1 Å². The zero-order valence-electron chi connectivity index (χ0n) is 15.2. The lowest BCUT2D eigenvalue weighted by Crippen LogP contribution is -2.40. The van der Waals surface area contributed by atoms with Gasteiger partial charge in [0.25, 0.3) is 0 Å². The van der Waals surface area contributed by atoms with Crippen molar-refractivity contribution in [1.82, 2.24) is 10.6 Å². The van der Waals surface area contributed by atoms with Crippen LogP contribution in [-0.4, -0.2) is 31.8 Å². The second-order valence-corrected chi connectivity index (χ2v) is 6.36. The first-order chi connectivity index (χ1) is 12.3. The molecule has 1 fully saturated rings. The fourth-order valence-electron chi connectivity index (χ4n) is 2.92. The fourth-order valence-corrected chi connectivity index (χ4v) is 2.92. The first kappa shape index (κ1) is 20.8. The molecule has 0 amide bonds. The van der Waals surface area contributed by atoms with E-state index in [1.165, 1.54) is 5.56 Å². The molecule has 26 heavy (non-hydrogen) atoms. The maximum Gasteiger partial charge on any atom is 0.191 e. The maximum absolute atomic E-state index is 5.68. The van der Waals surface area contributed by atoms with Gasteiger partial charge in [0.15, 0.2) is 5.96 Å². The number of rotatable bonds is 7. The minimum atomic E-state index is 0. The Bertz CT molecular complexity index is 640. The van der Waals surface area contributed by atoms with E-state index in [2.05, 4.69) is 41.8 Å². The number of nitrogens with one attached hydrogen (secondary N) is 2. The SMILES string of the molecule is CC(NC(=NCC1CCCO1)NCCc1ccco1)c1ccccc1.I. The third-order valence-electron chi connectivity index (χ3n) is 4.37. The van der Waals surface area contributed by atoms with Crippen LogP contribution < -0.4 is 10.6 Å². The van der Waals surface area contributed by atoms with Crippen molar-refractivity contribution in [3.8, 4) is 0 Å². The Labute approximate surface area is 172 Å². The maximum atomic E-state index is 5.68. The lowest BCUT2D eigenvalue weighted by molar-refractivity contribution is 0.117. The Kier molecular flexibility index (Phi) is 8.97. The molecule has 2 N–H and O–H groups in total. The van der Waals surface area contributed by atoms with Crippen LogP contribution in [0.4, 0.5) is 0 Å². The van der Waals surface area contributed by atoms with Gasteiger partial charge in [0.2, 0.25) is 0 Å². The van der Waals surface area contributed by atoms with Gasteiger partial charge >= 0.3 is 0 Å². The molecule has 0 spiro atoms. The van der Waals surface area contributed by atoms with E-state index in [-0.39, 0.29) is 36.1 Å². The molecule has 0 aliphatic carbocycles. The first-order valence-electron chi connectivity index (χ1n) is 9.05. The number of ether oxygens (including phenoxy) is 1. The molecule has 1 aliphatic heterocycles. The molecule has 2 atom stereocenters. The van der Waals surface area contributed by atoms with E-state index >= 15 is 0 Å². The highest BCUT2D eigenvalue weighted by Crippen LogP contribution is 2.13. The van der Waals surface area contributed by atoms with E-state index < -0.39 is 0 Å². The van der Waals surface area contributed by atoms with Crippen LogP contribution in [-0.2, 0) is 11.2 Å². The molecule has 1 aromatic carbocycles. The molecule has 2 aromatic rings. The molecule has 6 heteroatoms. The molecule has 0 radical (unpaired) electrons. The summed E-state index contributed by atoms with van der Waals surface area (Å²) in [4.78, 5) is 4.73. The summed E-state index contributed by atoms with van der Waals surface area (Å²) in [5.41, 5.74) is 1.24. The van der Waals surface area contributed by atoms with E-state index in [1.54, 1.807) is 6.26 Å². The van der Waals surface area contributed by atoms with Crippen LogP contribution in [0, 0.1) is 0 Å². The summed E-state index contributed by atoms with van der Waals surface area (Å²) in [6, 6.07) is 14.5. The Hall–Kier alpha value is -1.54. The van der Waals surface area contributed by atoms with Crippen molar-refractivity contribution < 1.29 is 9.15 Å². The average molecular weight is 469 g/mol. The fraction of sp³-hybridized carbons (Fsp3) is 0.450. The molecule has 1 saturated heterocycles. The summed E-state index contributed by atoms with van der Waals surface area (Å²) in [6.07, 6.45) is 5.01. The third-order valence-corrected chi connectivity index (χ3v) is 4.37. The molecule has 5 nitrogen and oxygen atoms in total. The van der Waals surface area contributed by atoms with Crippen molar-refractivity contribution in [3.05, 3.63) is 60.1 Å². The van der Waals surface area contributed by atoms with E-state index in [0.717, 1.165) is 44.1 Å². The van der Waals surface area contributed by atoms with Gasteiger partial charge in [-0.25, -0.2) is 0 Å². The number of hydrogen-bond acceptors (Lipinski definition) is 3. The quantitative estimate of drug-likeness (QED) is 0.367. The molecule has 3 rings (SSSR count). The Morgan fingerprint density at radius 2 is 2.08 bits per heavy atom. The number of nitrogens with zero attached hydrogens (tertiary/aromatic N) is 1. The van der Waals surface area contributed by atoms with Crippen molar-refractivity contribution in [2.45, 2.75) is 38.3 Å². The van der Waals surface area contributed by atoms with Crippen LogP contribution in [0.2, 0.25) is 0 Å². The summed E-state index contributed by atoms with van der Waals surface area (Å²) in [6.45, 7) is 4.46. The Morgan fingerprint density at radius 3 is 2.77 bits per heavy atom. The van der Waals surface area contributed by atoms with Gasteiger partial charge in [0.1, 0.15) is 5.76 Å². The van der Waals surface area contributed by atoms with E-state index in [0.29, 0.717) is 6.54 Å².